The number of esters is 1. The van der Waals surface area contributed by atoms with Crippen LogP contribution < -0.4 is 10.6 Å². The van der Waals surface area contributed by atoms with Gasteiger partial charge in [-0.1, -0.05) is 40.9 Å². The topological polar surface area (TPSA) is 84.5 Å². The Labute approximate surface area is 191 Å². The van der Waals surface area contributed by atoms with Gasteiger partial charge in [-0.15, -0.1) is 0 Å². The second-order valence-corrected chi connectivity index (χ2v) is 7.99. The number of amides is 2. The molecule has 0 aliphatic rings. The molecule has 0 aliphatic carbocycles. The molecule has 0 heterocycles. The van der Waals surface area contributed by atoms with E-state index < -0.39 is 24.4 Å². The summed E-state index contributed by atoms with van der Waals surface area (Å²) < 4.78 is 5.60. The molecule has 0 aromatic heterocycles. The molecule has 0 aliphatic heterocycles. The van der Waals surface area contributed by atoms with Gasteiger partial charge >= 0.3 is 5.97 Å². The molecule has 0 fully saturated rings. The number of halogens is 4. The van der Waals surface area contributed by atoms with E-state index in [-0.39, 0.29) is 17.9 Å². The van der Waals surface area contributed by atoms with Crippen LogP contribution in [-0.2, 0) is 19.1 Å². The smallest absolute Gasteiger partial charge is 0.306 e. The lowest BCUT2D eigenvalue weighted by molar-refractivity contribution is -0.147. The Kier molecular flexibility index (Phi) is 8.77. The van der Waals surface area contributed by atoms with E-state index in [9.17, 15) is 14.4 Å². The SMILES string of the molecule is Cc1cc(Br)c(Cl)cc1NC(=O)COC(=O)CCC(=O)Nc1cccc(Cl)c1Cl. The van der Waals surface area contributed by atoms with Crippen molar-refractivity contribution in [2.24, 2.45) is 0 Å². The molecule has 6 nitrogen and oxygen atoms in total. The number of carbonyl (C=O) groups is 3. The zero-order valence-electron chi connectivity index (χ0n) is 15.2. The van der Waals surface area contributed by atoms with Crippen LogP contribution in [0.2, 0.25) is 15.1 Å². The van der Waals surface area contributed by atoms with Crippen LogP contribution in [0.4, 0.5) is 11.4 Å². The van der Waals surface area contributed by atoms with Gasteiger partial charge in [0.2, 0.25) is 5.91 Å². The van der Waals surface area contributed by atoms with Crippen molar-refractivity contribution in [1.29, 1.82) is 0 Å². The summed E-state index contributed by atoms with van der Waals surface area (Å²) in [5.41, 5.74) is 1.65. The lowest BCUT2D eigenvalue weighted by Crippen LogP contribution is -2.22. The predicted molar refractivity (Wildman–Crippen MR) is 118 cm³/mol. The zero-order chi connectivity index (χ0) is 21.6. The highest BCUT2D eigenvalue weighted by molar-refractivity contribution is 9.10. The minimum absolute atomic E-state index is 0.134. The Morgan fingerprint density at radius 2 is 1.66 bits per heavy atom. The summed E-state index contributed by atoms with van der Waals surface area (Å²) in [5.74, 6) is -1.64. The van der Waals surface area contributed by atoms with Gasteiger partial charge in [0.15, 0.2) is 6.61 Å². The summed E-state index contributed by atoms with van der Waals surface area (Å²) in [6.07, 6.45) is -0.328. The summed E-state index contributed by atoms with van der Waals surface area (Å²) in [6, 6.07) is 8.16. The monoisotopic (exact) mass is 520 g/mol. The molecule has 2 amide bonds. The highest BCUT2D eigenvalue weighted by Crippen LogP contribution is 2.30. The predicted octanol–water partition coefficient (Wildman–Crippen LogP) is 5.62. The van der Waals surface area contributed by atoms with Crippen molar-refractivity contribution >= 4 is 79.9 Å². The molecule has 0 spiro atoms. The number of ether oxygens (including phenoxy) is 1. The minimum atomic E-state index is -0.682. The number of hydrogen-bond acceptors (Lipinski definition) is 4. The van der Waals surface area contributed by atoms with Gasteiger partial charge in [-0.2, -0.15) is 0 Å². The van der Waals surface area contributed by atoms with Crippen LogP contribution in [-0.4, -0.2) is 24.4 Å². The van der Waals surface area contributed by atoms with E-state index in [1.54, 1.807) is 37.3 Å². The maximum absolute atomic E-state index is 12.0. The van der Waals surface area contributed by atoms with E-state index in [0.29, 0.717) is 25.9 Å². The molecule has 29 heavy (non-hydrogen) atoms. The van der Waals surface area contributed by atoms with Gasteiger partial charge in [0, 0.05) is 16.6 Å². The minimum Gasteiger partial charge on any atom is -0.456 e. The molecule has 10 heteroatoms. The molecule has 2 aromatic rings. The third-order valence-corrected chi connectivity index (χ3v) is 5.70. The van der Waals surface area contributed by atoms with Gasteiger partial charge in [0.05, 0.1) is 27.2 Å². The Hall–Kier alpha value is -1.80. The van der Waals surface area contributed by atoms with Crippen LogP contribution in [0.25, 0.3) is 0 Å². The normalized spacial score (nSPS) is 10.4. The van der Waals surface area contributed by atoms with Crippen molar-refractivity contribution in [3.63, 3.8) is 0 Å². The first-order valence-corrected chi connectivity index (χ1v) is 10.2. The highest BCUT2D eigenvalue weighted by Gasteiger charge is 2.13. The van der Waals surface area contributed by atoms with Gasteiger partial charge < -0.3 is 15.4 Å². The molecular formula is C19H16BrCl3N2O4. The molecule has 0 saturated heterocycles. The Balaban J connectivity index is 1.76. The molecular weight excluding hydrogens is 506 g/mol. The van der Waals surface area contributed by atoms with Crippen molar-refractivity contribution < 1.29 is 19.1 Å². The van der Waals surface area contributed by atoms with Crippen LogP contribution in [0.15, 0.2) is 34.8 Å². The molecule has 0 atom stereocenters. The number of aryl methyl sites for hydroxylation is 1. The van der Waals surface area contributed by atoms with E-state index in [0.717, 1.165) is 5.56 Å². The lowest BCUT2D eigenvalue weighted by Gasteiger charge is -2.11. The van der Waals surface area contributed by atoms with Crippen molar-refractivity contribution in [3.05, 3.63) is 55.4 Å². The van der Waals surface area contributed by atoms with Crippen molar-refractivity contribution in [2.75, 3.05) is 17.2 Å². The van der Waals surface area contributed by atoms with Crippen LogP contribution >= 0.6 is 50.7 Å². The molecule has 0 unspecified atom stereocenters. The quantitative estimate of drug-likeness (QED) is 0.463. The second-order valence-electron chi connectivity index (χ2n) is 5.94. The fraction of sp³-hybridized carbons (Fsp3) is 0.211. The van der Waals surface area contributed by atoms with Gasteiger partial charge in [0.1, 0.15) is 0 Å². The molecule has 0 saturated carbocycles. The Morgan fingerprint density at radius 1 is 0.966 bits per heavy atom. The van der Waals surface area contributed by atoms with Crippen molar-refractivity contribution in [2.45, 2.75) is 19.8 Å². The first-order valence-electron chi connectivity index (χ1n) is 8.32. The number of benzene rings is 2. The molecule has 2 N–H and O–H groups in total. The van der Waals surface area contributed by atoms with Gasteiger partial charge in [-0.3, -0.25) is 14.4 Å². The maximum atomic E-state index is 12.0. The summed E-state index contributed by atoms with van der Waals surface area (Å²) in [5, 5.41) is 6.13. The third kappa shape index (κ3) is 7.19. The fourth-order valence-electron chi connectivity index (χ4n) is 2.21. The first-order chi connectivity index (χ1) is 13.7. The van der Waals surface area contributed by atoms with E-state index in [1.165, 1.54) is 0 Å². The van der Waals surface area contributed by atoms with Crippen LogP contribution in [0, 0.1) is 6.92 Å². The van der Waals surface area contributed by atoms with E-state index in [1.807, 2.05) is 0 Å². The number of anilines is 2. The van der Waals surface area contributed by atoms with E-state index in [2.05, 4.69) is 26.6 Å². The average Bonchev–Trinajstić information content (AvgIpc) is 2.66. The number of hydrogen-bond donors (Lipinski definition) is 2. The summed E-state index contributed by atoms with van der Waals surface area (Å²) in [6.45, 7) is 1.32. The fourth-order valence-corrected chi connectivity index (χ4v) is 3.18. The lowest BCUT2D eigenvalue weighted by atomic mass is 10.2. The standard InChI is InChI=1S/C19H16BrCl3N2O4/c1-10-7-11(20)13(22)8-15(10)25-17(27)9-29-18(28)6-5-16(26)24-14-4-2-3-12(21)19(14)23/h2-4,7-8H,5-6,9H2,1H3,(H,24,26)(H,25,27). The molecule has 0 bridgehead atoms. The molecule has 0 radical (unpaired) electrons. The number of rotatable bonds is 7. The van der Waals surface area contributed by atoms with Gasteiger partial charge in [0.25, 0.3) is 5.91 Å². The van der Waals surface area contributed by atoms with E-state index >= 15 is 0 Å². The summed E-state index contributed by atoms with van der Waals surface area (Å²) in [7, 11) is 0. The zero-order valence-corrected chi connectivity index (χ0v) is 19.0. The largest absolute Gasteiger partial charge is 0.456 e. The second kappa shape index (κ2) is 10.8. The van der Waals surface area contributed by atoms with Crippen molar-refractivity contribution in [3.8, 4) is 0 Å². The molecule has 154 valence electrons. The number of carbonyl (C=O) groups excluding carboxylic acids is 3. The average molecular weight is 523 g/mol. The Morgan fingerprint density at radius 3 is 2.38 bits per heavy atom. The maximum Gasteiger partial charge on any atom is 0.306 e. The van der Waals surface area contributed by atoms with E-state index in [4.69, 9.17) is 39.5 Å². The summed E-state index contributed by atoms with van der Waals surface area (Å²) in [4.78, 5) is 35.7. The van der Waals surface area contributed by atoms with Crippen molar-refractivity contribution in [1.82, 2.24) is 0 Å². The van der Waals surface area contributed by atoms with Gasteiger partial charge in [-0.25, -0.2) is 0 Å². The highest BCUT2D eigenvalue weighted by atomic mass is 79.9. The van der Waals surface area contributed by atoms with Crippen LogP contribution in [0.5, 0.6) is 0 Å². The van der Waals surface area contributed by atoms with Crippen LogP contribution in [0.3, 0.4) is 0 Å². The molecule has 2 rings (SSSR count). The molecule has 2 aromatic carbocycles. The number of nitrogens with one attached hydrogen (secondary N) is 2. The third-order valence-electron chi connectivity index (χ3n) is 3.69. The Bertz CT molecular complexity index is 953. The summed E-state index contributed by atoms with van der Waals surface area (Å²) >= 11 is 21.2. The van der Waals surface area contributed by atoms with Crippen LogP contribution in [0.1, 0.15) is 18.4 Å². The first kappa shape index (κ1) is 23.5. The van der Waals surface area contributed by atoms with Gasteiger partial charge in [-0.05, 0) is 52.7 Å².